The van der Waals surface area contributed by atoms with Crippen molar-refractivity contribution in [1.82, 2.24) is 0 Å². The quantitative estimate of drug-likeness (QED) is 0.389. The van der Waals surface area contributed by atoms with E-state index >= 15 is 0 Å². The van der Waals surface area contributed by atoms with E-state index in [4.69, 9.17) is 0 Å². The molecular weight excluding hydrogens is 164 g/mol. The summed E-state index contributed by atoms with van der Waals surface area (Å²) in [6, 6.07) is 9.63. The molecule has 13 heavy (non-hydrogen) atoms. The van der Waals surface area contributed by atoms with E-state index in [9.17, 15) is 4.79 Å². The molecule has 0 aliphatic carbocycles. The first kappa shape index (κ1) is 9.30. The molecule has 0 heterocycles. The lowest BCUT2D eigenvalue weighted by Gasteiger charge is -1.87. The van der Waals surface area contributed by atoms with Crippen molar-refractivity contribution in [2.75, 3.05) is 7.11 Å². The summed E-state index contributed by atoms with van der Waals surface area (Å²) in [5.41, 5.74) is 3.73. The van der Waals surface area contributed by atoms with E-state index in [-0.39, 0.29) is 0 Å². The molecule has 2 nitrogen and oxygen atoms in total. The van der Waals surface area contributed by atoms with Gasteiger partial charge in [0.1, 0.15) is 0 Å². The lowest BCUT2D eigenvalue weighted by atomic mass is 10.2. The van der Waals surface area contributed by atoms with Gasteiger partial charge in [0, 0.05) is 0 Å². The third-order valence-corrected chi connectivity index (χ3v) is 1.45. The van der Waals surface area contributed by atoms with Crippen LogP contribution in [0.3, 0.4) is 0 Å². The Morgan fingerprint density at radius 2 is 2.08 bits per heavy atom. The number of carbonyl (C=O) groups excluding carboxylic acids is 1. The van der Waals surface area contributed by atoms with Gasteiger partial charge in [-0.1, -0.05) is 30.3 Å². The Hall–Kier alpha value is -1.79. The standard InChI is InChI=1S/C11H10O2/c1-13-11(12)9-5-8-10-6-3-2-4-7-10/h2-4,6-9H,1H3. The SMILES string of the molecule is COC(=O)C=C=Cc1ccccc1. The summed E-state index contributed by atoms with van der Waals surface area (Å²) < 4.78 is 4.41. The van der Waals surface area contributed by atoms with E-state index in [1.807, 2.05) is 30.3 Å². The van der Waals surface area contributed by atoms with Gasteiger partial charge in [0.25, 0.3) is 0 Å². The molecule has 0 saturated carbocycles. The number of ether oxygens (including phenoxy) is 1. The lowest BCUT2D eigenvalue weighted by molar-refractivity contribution is -0.134. The summed E-state index contributed by atoms with van der Waals surface area (Å²) in [5, 5.41) is 0. The fourth-order valence-electron chi connectivity index (χ4n) is 0.814. The van der Waals surface area contributed by atoms with Crippen LogP contribution in [0.2, 0.25) is 0 Å². The average molecular weight is 174 g/mol. The highest BCUT2D eigenvalue weighted by molar-refractivity contribution is 5.82. The van der Waals surface area contributed by atoms with E-state index in [0.29, 0.717) is 0 Å². The minimum absolute atomic E-state index is 0.396. The molecule has 0 amide bonds. The molecule has 0 unspecified atom stereocenters. The zero-order chi connectivity index (χ0) is 9.52. The van der Waals surface area contributed by atoms with Gasteiger partial charge in [-0.25, -0.2) is 4.79 Å². The van der Waals surface area contributed by atoms with Crippen LogP contribution >= 0.6 is 0 Å². The summed E-state index contributed by atoms with van der Waals surface area (Å²) in [6.07, 6.45) is 2.98. The van der Waals surface area contributed by atoms with Gasteiger partial charge in [-0.05, 0) is 11.6 Å². The predicted octanol–water partition coefficient (Wildman–Crippen LogP) is 2.03. The van der Waals surface area contributed by atoms with E-state index in [2.05, 4.69) is 10.5 Å². The van der Waals surface area contributed by atoms with E-state index in [0.717, 1.165) is 5.56 Å². The fraction of sp³-hybridized carbons (Fsp3) is 0.0909. The van der Waals surface area contributed by atoms with Crippen molar-refractivity contribution < 1.29 is 9.53 Å². The molecule has 0 N–H and O–H groups in total. The van der Waals surface area contributed by atoms with Crippen LogP contribution in [0.5, 0.6) is 0 Å². The summed E-state index contributed by atoms with van der Waals surface area (Å²) >= 11 is 0. The second-order valence-electron chi connectivity index (χ2n) is 2.39. The second kappa shape index (κ2) is 4.96. The van der Waals surface area contributed by atoms with Crippen LogP contribution in [0.1, 0.15) is 5.56 Å². The summed E-state index contributed by atoms with van der Waals surface area (Å²) in [6.45, 7) is 0. The topological polar surface area (TPSA) is 26.3 Å². The molecule has 1 aromatic rings. The molecule has 0 atom stereocenters. The van der Waals surface area contributed by atoms with Crippen molar-refractivity contribution in [3.63, 3.8) is 0 Å². The third kappa shape index (κ3) is 3.41. The number of methoxy groups -OCH3 is 1. The predicted molar refractivity (Wildman–Crippen MR) is 51.0 cm³/mol. The smallest absolute Gasteiger partial charge is 0.338 e. The summed E-state index contributed by atoms with van der Waals surface area (Å²) in [5.74, 6) is -0.396. The number of hydrogen-bond donors (Lipinski definition) is 0. The molecule has 0 aliphatic heterocycles. The minimum Gasteiger partial charge on any atom is -0.465 e. The van der Waals surface area contributed by atoms with Crippen molar-refractivity contribution in [2.45, 2.75) is 0 Å². The number of esters is 1. The Morgan fingerprint density at radius 3 is 2.69 bits per heavy atom. The number of hydrogen-bond acceptors (Lipinski definition) is 2. The highest BCUT2D eigenvalue weighted by atomic mass is 16.5. The third-order valence-electron chi connectivity index (χ3n) is 1.45. The van der Waals surface area contributed by atoms with Gasteiger partial charge < -0.3 is 4.74 Å². The normalized spacial score (nSPS) is 8.38. The zero-order valence-electron chi connectivity index (χ0n) is 7.36. The Balaban J connectivity index is 2.69. The molecule has 0 spiro atoms. The Morgan fingerprint density at radius 1 is 1.38 bits per heavy atom. The van der Waals surface area contributed by atoms with Crippen molar-refractivity contribution in [3.8, 4) is 0 Å². The fourth-order valence-corrected chi connectivity index (χ4v) is 0.814. The molecule has 0 radical (unpaired) electrons. The van der Waals surface area contributed by atoms with Crippen molar-refractivity contribution >= 4 is 12.0 Å². The molecular formula is C11H10O2. The maximum atomic E-state index is 10.6. The molecule has 2 heteroatoms. The van der Waals surface area contributed by atoms with E-state index < -0.39 is 5.97 Å². The first-order valence-electron chi connectivity index (χ1n) is 3.88. The van der Waals surface area contributed by atoms with Crippen LogP contribution in [0, 0.1) is 0 Å². The van der Waals surface area contributed by atoms with Crippen molar-refractivity contribution in [1.29, 1.82) is 0 Å². The highest BCUT2D eigenvalue weighted by Gasteiger charge is 1.86. The van der Waals surface area contributed by atoms with Gasteiger partial charge in [0.15, 0.2) is 0 Å². The van der Waals surface area contributed by atoms with Gasteiger partial charge in [0.2, 0.25) is 0 Å². The number of benzene rings is 1. The first-order valence-corrected chi connectivity index (χ1v) is 3.88. The summed E-state index contributed by atoms with van der Waals surface area (Å²) in [7, 11) is 1.34. The Labute approximate surface area is 77.2 Å². The average Bonchev–Trinajstić information content (AvgIpc) is 2.19. The Kier molecular flexibility index (Phi) is 3.55. The van der Waals surface area contributed by atoms with Crippen LogP contribution in [-0.2, 0) is 9.53 Å². The van der Waals surface area contributed by atoms with Gasteiger partial charge in [-0.2, -0.15) is 0 Å². The first-order chi connectivity index (χ1) is 6.33. The van der Waals surface area contributed by atoms with Gasteiger partial charge in [-0.15, -0.1) is 5.73 Å². The number of rotatable bonds is 2. The van der Waals surface area contributed by atoms with Gasteiger partial charge in [0.05, 0.1) is 13.2 Å². The van der Waals surface area contributed by atoms with Crippen LogP contribution in [0.4, 0.5) is 0 Å². The maximum absolute atomic E-state index is 10.6. The molecule has 1 rings (SSSR count). The van der Waals surface area contributed by atoms with Crippen molar-refractivity contribution in [3.05, 3.63) is 47.7 Å². The van der Waals surface area contributed by atoms with Gasteiger partial charge in [-0.3, -0.25) is 0 Å². The molecule has 0 saturated heterocycles. The van der Waals surface area contributed by atoms with E-state index in [1.165, 1.54) is 13.2 Å². The van der Waals surface area contributed by atoms with Crippen molar-refractivity contribution in [2.24, 2.45) is 0 Å². The van der Waals surface area contributed by atoms with Crippen LogP contribution in [0.25, 0.3) is 6.08 Å². The summed E-state index contributed by atoms with van der Waals surface area (Å²) in [4.78, 5) is 10.6. The van der Waals surface area contributed by atoms with Crippen LogP contribution in [-0.4, -0.2) is 13.1 Å². The van der Waals surface area contributed by atoms with Crippen LogP contribution < -0.4 is 0 Å². The zero-order valence-corrected chi connectivity index (χ0v) is 7.36. The minimum atomic E-state index is -0.396. The number of carbonyl (C=O) groups is 1. The molecule has 0 bridgehead atoms. The van der Waals surface area contributed by atoms with E-state index in [1.54, 1.807) is 6.08 Å². The maximum Gasteiger partial charge on any atom is 0.338 e. The lowest BCUT2D eigenvalue weighted by Crippen LogP contribution is -1.91. The second-order valence-corrected chi connectivity index (χ2v) is 2.39. The van der Waals surface area contributed by atoms with Crippen LogP contribution in [0.15, 0.2) is 42.1 Å². The highest BCUT2D eigenvalue weighted by Crippen LogP contribution is 1.99. The van der Waals surface area contributed by atoms with Gasteiger partial charge >= 0.3 is 5.97 Å². The largest absolute Gasteiger partial charge is 0.465 e. The molecule has 0 aromatic heterocycles. The molecule has 1 aromatic carbocycles. The molecule has 66 valence electrons. The molecule has 0 fully saturated rings. The Bertz CT molecular complexity index is 332. The monoisotopic (exact) mass is 174 g/mol. The molecule has 0 aliphatic rings.